The Balaban J connectivity index is 1.94. The number of carbonyl (C=O) groups is 1. The van der Waals surface area contributed by atoms with Crippen molar-refractivity contribution in [3.63, 3.8) is 0 Å². The third-order valence-electron chi connectivity index (χ3n) is 2.84. The summed E-state index contributed by atoms with van der Waals surface area (Å²) in [6.07, 6.45) is 1.58. The number of hydrogen-bond donors (Lipinski definition) is 3. The van der Waals surface area contributed by atoms with Gasteiger partial charge < -0.3 is 15.5 Å². The van der Waals surface area contributed by atoms with Crippen molar-refractivity contribution in [1.29, 1.82) is 0 Å². The normalized spacial score (nSPS) is 16.6. The molecule has 4 nitrogen and oxygen atoms in total. The van der Waals surface area contributed by atoms with Crippen molar-refractivity contribution in [3.05, 3.63) is 28.2 Å². The highest BCUT2D eigenvalue weighted by molar-refractivity contribution is 9.10. The quantitative estimate of drug-likeness (QED) is 0.792. The number of halogens is 1. The molecule has 1 atom stereocenters. The van der Waals surface area contributed by atoms with Crippen molar-refractivity contribution in [3.8, 4) is 5.75 Å². The minimum Gasteiger partial charge on any atom is -0.507 e. The zero-order chi connectivity index (χ0) is 12.4. The highest BCUT2D eigenvalue weighted by atomic mass is 79.9. The number of phenolic OH excluding ortho intramolecular Hbond substituents is 1. The van der Waals surface area contributed by atoms with E-state index < -0.39 is 6.10 Å². The van der Waals surface area contributed by atoms with Gasteiger partial charge in [-0.1, -0.05) is 15.9 Å². The van der Waals surface area contributed by atoms with Crippen LogP contribution in [0.2, 0.25) is 0 Å². The van der Waals surface area contributed by atoms with E-state index in [2.05, 4.69) is 21.2 Å². The first-order chi connectivity index (χ1) is 8.08. The second kappa shape index (κ2) is 5.06. The van der Waals surface area contributed by atoms with Crippen LogP contribution in [0.1, 0.15) is 23.2 Å². The predicted molar refractivity (Wildman–Crippen MR) is 66.9 cm³/mol. The molecule has 5 heteroatoms. The summed E-state index contributed by atoms with van der Waals surface area (Å²) in [5.74, 6) is -0.110. The van der Waals surface area contributed by atoms with Crippen LogP contribution < -0.4 is 5.32 Å². The molecular weight excluding hydrogens is 286 g/mol. The summed E-state index contributed by atoms with van der Waals surface area (Å²) in [4.78, 5) is 11.7. The molecule has 0 spiro atoms. The van der Waals surface area contributed by atoms with Gasteiger partial charge in [0.1, 0.15) is 5.75 Å². The van der Waals surface area contributed by atoms with Crippen LogP contribution in [0.3, 0.4) is 0 Å². The Bertz CT molecular complexity index is 432. The fourth-order valence-corrected chi connectivity index (χ4v) is 1.99. The van der Waals surface area contributed by atoms with Gasteiger partial charge in [-0.3, -0.25) is 4.79 Å². The molecule has 1 amide bonds. The zero-order valence-corrected chi connectivity index (χ0v) is 10.8. The number of hydrogen-bond acceptors (Lipinski definition) is 3. The first-order valence-corrected chi connectivity index (χ1v) is 6.32. The van der Waals surface area contributed by atoms with Gasteiger partial charge in [0.25, 0.3) is 5.91 Å². The minimum absolute atomic E-state index is 0.0715. The Labute approximate surface area is 108 Å². The molecule has 1 aliphatic carbocycles. The maximum absolute atomic E-state index is 11.7. The van der Waals surface area contributed by atoms with Gasteiger partial charge in [0.2, 0.25) is 0 Å². The van der Waals surface area contributed by atoms with Crippen molar-refractivity contribution >= 4 is 21.8 Å². The average Bonchev–Trinajstić information content (AvgIpc) is 3.09. The number of aromatic hydroxyl groups is 1. The molecule has 0 aromatic heterocycles. The molecule has 1 aliphatic rings. The van der Waals surface area contributed by atoms with Crippen LogP contribution in [0.15, 0.2) is 22.7 Å². The van der Waals surface area contributed by atoms with E-state index in [1.807, 2.05) is 0 Å². The van der Waals surface area contributed by atoms with Gasteiger partial charge in [-0.2, -0.15) is 0 Å². The third kappa shape index (κ3) is 3.20. The Morgan fingerprint density at radius 1 is 1.53 bits per heavy atom. The molecular formula is C12H14BrNO3. The highest BCUT2D eigenvalue weighted by Gasteiger charge is 2.29. The van der Waals surface area contributed by atoms with E-state index in [0.717, 1.165) is 12.8 Å². The van der Waals surface area contributed by atoms with Gasteiger partial charge in [0.05, 0.1) is 11.7 Å². The van der Waals surface area contributed by atoms with Crippen molar-refractivity contribution in [2.45, 2.75) is 18.9 Å². The lowest BCUT2D eigenvalue weighted by Gasteiger charge is -2.11. The second-order valence-electron chi connectivity index (χ2n) is 4.28. The predicted octanol–water partition coefficient (Wildman–Crippen LogP) is 1.66. The average molecular weight is 300 g/mol. The SMILES string of the molecule is O=C(NCC(O)C1CC1)c1ccc(Br)cc1O. The summed E-state index contributed by atoms with van der Waals surface area (Å²) in [7, 11) is 0. The second-order valence-corrected chi connectivity index (χ2v) is 5.19. The molecule has 0 heterocycles. The molecule has 1 aromatic rings. The van der Waals surface area contributed by atoms with Crippen molar-refractivity contribution in [2.24, 2.45) is 5.92 Å². The summed E-state index contributed by atoms with van der Waals surface area (Å²) in [6, 6.07) is 4.69. The molecule has 0 radical (unpaired) electrons. The number of benzene rings is 1. The topological polar surface area (TPSA) is 69.6 Å². The van der Waals surface area contributed by atoms with Gasteiger partial charge in [0.15, 0.2) is 0 Å². The zero-order valence-electron chi connectivity index (χ0n) is 9.19. The molecule has 1 aromatic carbocycles. The van der Waals surface area contributed by atoms with E-state index in [1.165, 1.54) is 12.1 Å². The van der Waals surface area contributed by atoms with Crippen molar-refractivity contribution in [1.82, 2.24) is 5.32 Å². The molecule has 3 N–H and O–H groups in total. The van der Waals surface area contributed by atoms with E-state index in [1.54, 1.807) is 6.07 Å². The maximum atomic E-state index is 11.7. The van der Waals surface area contributed by atoms with E-state index in [9.17, 15) is 15.0 Å². The molecule has 0 bridgehead atoms. The fourth-order valence-electron chi connectivity index (χ4n) is 1.64. The van der Waals surface area contributed by atoms with E-state index >= 15 is 0 Å². The lowest BCUT2D eigenvalue weighted by atomic mass is 10.1. The summed E-state index contributed by atoms with van der Waals surface area (Å²) >= 11 is 3.20. The highest BCUT2D eigenvalue weighted by Crippen LogP contribution is 2.32. The van der Waals surface area contributed by atoms with Gasteiger partial charge in [0, 0.05) is 11.0 Å². The first kappa shape index (κ1) is 12.4. The third-order valence-corrected chi connectivity index (χ3v) is 3.34. The standard InChI is InChI=1S/C12H14BrNO3/c13-8-3-4-9(10(15)5-8)12(17)14-6-11(16)7-1-2-7/h3-5,7,11,15-16H,1-2,6H2,(H,14,17). The van der Waals surface area contributed by atoms with Crippen LogP contribution in [0.25, 0.3) is 0 Å². The van der Waals surface area contributed by atoms with Crippen LogP contribution in [0.5, 0.6) is 5.75 Å². The molecule has 92 valence electrons. The number of nitrogens with one attached hydrogen (secondary N) is 1. The molecule has 2 rings (SSSR count). The van der Waals surface area contributed by atoms with Crippen molar-refractivity contribution in [2.75, 3.05) is 6.54 Å². The van der Waals surface area contributed by atoms with Crippen LogP contribution >= 0.6 is 15.9 Å². The molecule has 1 unspecified atom stereocenters. The Morgan fingerprint density at radius 2 is 2.24 bits per heavy atom. The Kier molecular flexibility index (Phi) is 3.69. The number of amides is 1. The van der Waals surface area contributed by atoms with E-state index in [4.69, 9.17) is 0 Å². The lowest BCUT2D eigenvalue weighted by molar-refractivity contribution is 0.0898. The van der Waals surface area contributed by atoms with Gasteiger partial charge >= 0.3 is 0 Å². The number of aliphatic hydroxyl groups excluding tert-OH is 1. The summed E-state index contributed by atoms with van der Waals surface area (Å²) < 4.78 is 0.713. The van der Waals surface area contributed by atoms with Crippen LogP contribution in [0.4, 0.5) is 0 Å². The van der Waals surface area contributed by atoms with Gasteiger partial charge in [-0.15, -0.1) is 0 Å². The number of rotatable bonds is 4. The van der Waals surface area contributed by atoms with Gasteiger partial charge in [-0.05, 0) is 37.0 Å². The molecule has 0 saturated heterocycles. The summed E-state index contributed by atoms with van der Waals surface area (Å²) in [5, 5.41) is 21.8. The van der Waals surface area contributed by atoms with Crippen LogP contribution in [0, 0.1) is 5.92 Å². The molecule has 17 heavy (non-hydrogen) atoms. The first-order valence-electron chi connectivity index (χ1n) is 5.52. The maximum Gasteiger partial charge on any atom is 0.255 e. The van der Waals surface area contributed by atoms with Crippen LogP contribution in [-0.2, 0) is 0 Å². The number of aliphatic hydroxyl groups is 1. The molecule has 0 aliphatic heterocycles. The molecule has 1 saturated carbocycles. The van der Waals surface area contributed by atoms with Crippen LogP contribution in [-0.4, -0.2) is 28.8 Å². The van der Waals surface area contributed by atoms with Crippen molar-refractivity contribution < 1.29 is 15.0 Å². The number of carbonyl (C=O) groups excluding carboxylic acids is 1. The number of phenols is 1. The smallest absolute Gasteiger partial charge is 0.255 e. The summed E-state index contributed by atoms with van der Waals surface area (Å²) in [6.45, 7) is 0.235. The fraction of sp³-hybridized carbons (Fsp3) is 0.417. The monoisotopic (exact) mass is 299 g/mol. The Hall–Kier alpha value is -1.07. The summed E-state index contributed by atoms with van der Waals surface area (Å²) in [5.41, 5.74) is 0.219. The Morgan fingerprint density at radius 3 is 2.82 bits per heavy atom. The largest absolute Gasteiger partial charge is 0.507 e. The van der Waals surface area contributed by atoms with E-state index in [-0.39, 0.29) is 23.8 Å². The molecule has 1 fully saturated rings. The van der Waals surface area contributed by atoms with E-state index in [0.29, 0.717) is 10.4 Å². The minimum atomic E-state index is -0.475. The van der Waals surface area contributed by atoms with Gasteiger partial charge in [-0.25, -0.2) is 0 Å². The lowest BCUT2D eigenvalue weighted by Crippen LogP contribution is -2.33.